The van der Waals surface area contributed by atoms with Crippen molar-refractivity contribution in [1.29, 1.82) is 0 Å². The zero-order valence-corrected chi connectivity index (χ0v) is 16.9. The lowest BCUT2D eigenvalue weighted by atomic mass is 10.1. The minimum Gasteiger partial charge on any atom is -0.494 e. The zero-order valence-electron chi connectivity index (χ0n) is 16.9. The normalized spacial score (nSPS) is 11.2. The number of rotatable bonds is 6. The first-order valence-corrected chi connectivity index (χ1v) is 9.46. The molecular formula is C21H23N5O3. The highest BCUT2D eigenvalue weighted by Gasteiger charge is 2.16. The average molecular weight is 393 g/mol. The van der Waals surface area contributed by atoms with Crippen molar-refractivity contribution in [3.05, 3.63) is 42.4 Å². The molecule has 0 amide bonds. The van der Waals surface area contributed by atoms with Crippen molar-refractivity contribution in [2.24, 2.45) is 0 Å². The van der Waals surface area contributed by atoms with Gasteiger partial charge in [0.1, 0.15) is 0 Å². The molecule has 8 heteroatoms. The van der Waals surface area contributed by atoms with Gasteiger partial charge in [0.2, 0.25) is 5.88 Å². The Balaban J connectivity index is 1.79. The second-order valence-corrected chi connectivity index (χ2v) is 6.55. The van der Waals surface area contributed by atoms with E-state index in [1.165, 1.54) is 0 Å². The number of aromatic nitrogens is 5. The maximum absolute atomic E-state index is 10.7. The first kappa shape index (κ1) is 18.8. The fraction of sp³-hybridized carbons (Fsp3) is 0.286. The molecule has 150 valence electrons. The summed E-state index contributed by atoms with van der Waals surface area (Å²) < 4.78 is 14.1. The van der Waals surface area contributed by atoms with Gasteiger partial charge in [-0.05, 0) is 31.5 Å². The number of hydrogen-bond acceptors (Lipinski definition) is 6. The van der Waals surface area contributed by atoms with Gasteiger partial charge in [-0.25, -0.2) is 9.97 Å². The Hall–Kier alpha value is -3.55. The summed E-state index contributed by atoms with van der Waals surface area (Å²) in [5, 5.41) is 16.0. The van der Waals surface area contributed by atoms with Crippen molar-refractivity contribution < 1.29 is 14.6 Å². The summed E-state index contributed by atoms with van der Waals surface area (Å²) in [6.07, 6.45) is 4.35. The smallest absolute Gasteiger partial charge is 0.256 e. The lowest BCUT2D eigenvalue weighted by molar-refractivity contribution is 0.343. The van der Waals surface area contributed by atoms with Crippen LogP contribution in [0.25, 0.3) is 28.0 Å². The molecule has 0 bridgehead atoms. The number of methoxy groups -OCH3 is 2. The number of aromatic hydroxyl groups is 1. The van der Waals surface area contributed by atoms with Crippen molar-refractivity contribution >= 4 is 10.9 Å². The fourth-order valence-electron chi connectivity index (χ4n) is 3.40. The van der Waals surface area contributed by atoms with E-state index in [0.29, 0.717) is 28.4 Å². The Morgan fingerprint density at radius 2 is 1.93 bits per heavy atom. The number of fused-ring (bicyclic) bond motifs is 1. The Morgan fingerprint density at radius 1 is 1.10 bits per heavy atom. The molecule has 1 N–H and O–H groups in total. The van der Waals surface area contributed by atoms with Crippen molar-refractivity contribution in [1.82, 2.24) is 24.3 Å². The third-order valence-electron chi connectivity index (χ3n) is 4.93. The summed E-state index contributed by atoms with van der Waals surface area (Å²) in [5.41, 5.74) is 3.29. The van der Waals surface area contributed by atoms with Gasteiger partial charge in [-0.2, -0.15) is 5.10 Å². The highest BCUT2D eigenvalue weighted by molar-refractivity contribution is 5.87. The number of hydrogen-bond donors (Lipinski definition) is 1. The molecule has 8 nitrogen and oxygen atoms in total. The van der Waals surface area contributed by atoms with Crippen LogP contribution in [0.5, 0.6) is 17.5 Å². The molecule has 0 aliphatic heterocycles. The molecule has 4 rings (SSSR count). The van der Waals surface area contributed by atoms with Crippen LogP contribution in [0.15, 0.2) is 36.7 Å². The predicted molar refractivity (Wildman–Crippen MR) is 110 cm³/mol. The molecule has 0 atom stereocenters. The van der Waals surface area contributed by atoms with Gasteiger partial charge >= 0.3 is 0 Å². The van der Waals surface area contributed by atoms with Crippen LogP contribution in [0.1, 0.15) is 19.5 Å². The van der Waals surface area contributed by atoms with E-state index in [2.05, 4.69) is 17.0 Å². The minimum absolute atomic E-state index is 0.118. The lowest BCUT2D eigenvalue weighted by Crippen LogP contribution is -2.02. The molecule has 4 aromatic rings. The molecular weight excluding hydrogens is 370 g/mol. The lowest BCUT2D eigenvalue weighted by Gasteiger charge is -2.08. The number of aryl methyl sites for hydroxylation is 2. The van der Waals surface area contributed by atoms with E-state index in [0.717, 1.165) is 29.9 Å². The first-order chi connectivity index (χ1) is 14.1. The summed E-state index contributed by atoms with van der Waals surface area (Å²) in [6, 6.07) is 7.50. The highest BCUT2D eigenvalue weighted by atomic mass is 16.5. The number of ether oxygens (including phenoxy) is 2. The zero-order chi connectivity index (χ0) is 20.5. The molecule has 0 aliphatic carbocycles. The standard InChI is InChI=1S/C21H23N5O3/c1-5-14-10-19(24-26(14)6-2)25-12-17-15(21(25)27)7-8-16(23-17)13-9-18(28-3)20(29-4)22-11-13/h7-12,27H,5-6H2,1-4H3. The van der Waals surface area contributed by atoms with Crippen LogP contribution in [-0.2, 0) is 13.0 Å². The molecule has 0 aliphatic rings. The molecule has 0 spiro atoms. The summed E-state index contributed by atoms with van der Waals surface area (Å²) in [5.74, 6) is 1.74. The van der Waals surface area contributed by atoms with Crippen LogP contribution in [0, 0.1) is 0 Å². The van der Waals surface area contributed by atoms with E-state index in [1.807, 2.05) is 35.9 Å². The van der Waals surface area contributed by atoms with Gasteiger partial charge in [-0.1, -0.05) is 6.92 Å². The van der Waals surface area contributed by atoms with Gasteiger partial charge in [-0.15, -0.1) is 0 Å². The topological polar surface area (TPSA) is 87.2 Å². The molecule has 0 saturated carbocycles. The molecule has 0 radical (unpaired) electrons. The summed E-state index contributed by atoms with van der Waals surface area (Å²) in [6.45, 7) is 4.91. The Bertz CT molecular complexity index is 1160. The van der Waals surface area contributed by atoms with Crippen LogP contribution in [0.3, 0.4) is 0 Å². The van der Waals surface area contributed by atoms with Gasteiger partial charge in [-0.3, -0.25) is 9.25 Å². The van der Waals surface area contributed by atoms with Gasteiger partial charge in [0, 0.05) is 36.3 Å². The van der Waals surface area contributed by atoms with Gasteiger partial charge in [0.05, 0.1) is 30.8 Å². The van der Waals surface area contributed by atoms with Crippen LogP contribution in [0.4, 0.5) is 0 Å². The molecule has 0 saturated heterocycles. The van der Waals surface area contributed by atoms with Crippen LogP contribution in [0.2, 0.25) is 0 Å². The van der Waals surface area contributed by atoms with Crippen LogP contribution in [-0.4, -0.2) is 43.6 Å². The quantitative estimate of drug-likeness (QED) is 0.539. The molecule has 0 fully saturated rings. The maximum atomic E-state index is 10.7. The van der Waals surface area contributed by atoms with Gasteiger partial charge in [0.15, 0.2) is 11.6 Å². The molecule has 0 unspecified atom stereocenters. The second kappa shape index (κ2) is 7.46. The fourth-order valence-corrected chi connectivity index (χ4v) is 3.40. The maximum Gasteiger partial charge on any atom is 0.256 e. The molecule has 0 aromatic carbocycles. The van der Waals surface area contributed by atoms with Crippen molar-refractivity contribution in [3.8, 4) is 34.6 Å². The van der Waals surface area contributed by atoms with E-state index in [9.17, 15) is 5.11 Å². The number of nitrogens with zero attached hydrogens (tertiary/aromatic N) is 5. The summed E-state index contributed by atoms with van der Waals surface area (Å²) in [7, 11) is 3.11. The third kappa shape index (κ3) is 3.16. The molecule has 4 aromatic heterocycles. The third-order valence-corrected chi connectivity index (χ3v) is 4.93. The first-order valence-electron chi connectivity index (χ1n) is 9.46. The largest absolute Gasteiger partial charge is 0.494 e. The van der Waals surface area contributed by atoms with Crippen molar-refractivity contribution in [2.75, 3.05) is 14.2 Å². The Labute approximate surface area is 168 Å². The Morgan fingerprint density at radius 3 is 2.59 bits per heavy atom. The summed E-state index contributed by atoms with van der Waals surface area (Å²) >= 11 is 0. The van der Waals surface area contributed by atoms with Crippen molar-refractivity contribution in [3.63, 3.8) is 0 Å². The molecule has 29 heavy (non-hydrogen) atoms. The predicted octanol–water partition coefficient (Wildman–Crippen LogP) is 3.59. The van der Waals surface area contributed by atoms with Crippen molar-refractivity contribution in [2.45, 2.75) is 26.8 Å². The highest BCUT2D eigenvalue weighted by Crippen LogP contribution is 2.33. The van der Waals surface area contributed by atoms with Gasteiger partial charge < -0.3 is 14.6 Å². The van der Waals surface area contributed by atoms with E-state index < -0.39 is 0 Å². The van der Waals surface area contributed by atoms with E-state index in [-0.39, 0.29) is 5.88 Å². The van der Waals surface area contributed by atoms with E-state index in [4.69, 9.17) is 14.5 Å². The SMILES string of the molecule is CCc1cc(-n2cc3nc(-c4cnc(OC)c(OC)c4)ccc3c2O)nn1CC. The van der Waals surface area contributed by atoms with E-state index in [1.54, 1.807) is 31.2 Å². The van der Waals surface area contributed by atoms with E-state index >= 15 is 0 Å². The summed E-state index contributed by atoms with van der Waals surface area (Å²) in [4.78, 5) is 8.97. The minimum atomic E-state index is 0.118. The Kier molecular flexibility index (Phi) is 4.84. The van der Waals surface area contributed by atoms with Gasteiger partial charge in [0.25, 0.3) is 5.88 Å². The monoisotopic (exact) mass is 393 g/mol. The van der Waals surface area contributed by atoms with Crippen LogP contribution < -0.4 is 9.47 Å². The second-order valence-electron chi connectivity index (χ2n) is 6.55. The number of pyridine rings is 2. The van der Waals surface area contributed by atoms with Crippen LogP contribution >= 0.6 is 0 Å². The molecule has 4 heterocycles. The average Bonchev–Trinajstić information content (AvgIpc) is 3.33.